The van der Waals surface area contributed by atoms with Gasteiger partial charge < -0.3 is 0 Å². The topological polar surface area (TPSA) is 27.0 Å². The van der Waals surface area contributed by atoms with Crippen LogP contribution in [0.25, 0.3) is 0 Å². The highest BCUT2D eigenvalue weighted by Gasteiger charge is 2.25. The Hall–Kier alpha value is -0.400. The molecule has 1 heterocycles. The van der Waals surface area contributed by atoms with Crippen molar-refractivity contribution in [1.82, 2.24) is 4.90 Å². The highest BCUT2D eigenvalue weighted by molar-refractivity contribution is 7.99. The first-order chi connectivity index (χ1) is 8.24. The van der Waals surface area contributed by atoms with E-state index in [1.807, 2.05) is 11.8 Å². The van der Waals surface area contributed by atoms with E-state index < -0.39 is 0 Å². The maximum Gasteiger partial charge on any atom is 0.126 e. The first-order valence-electron chi connectivity index (χ1n) is 5.39. The number of nitriles is 1. The summed E-state index contributed by atoms with van der Waals surface area (Å²) in [4.78, 5) is 2.14. The normalized spacial score (nSPS) is 18.6. The van der Waals surface area contributed by atoms with Crippen molar-refractivity contribution in [3.05, 3.63) is 33.8 Å². The average molecular weight is 287 g/mol. The van der Waals surface area contributed by atoms with Gasteiger partial charge >= 0.3 is 0 Å². The van der Waals surface area contributed by atoms with Crippen molar-refractivity contribution < 1.29 is 0 Å². The lowest BCUT2D eigenvalue weighted by molar-refractivity contribution is 0.261. The van der Waals surface area contributed by atoms with E-state index >= 15 is 0 Å². The zero-order chi connectivity index (χ0) is 12.3. The Labute approximate surface area is 115 Å². The molecule has 1 atom stereocenters. The fourth-order valence-corrected chi connectivity index (χ4v) is 3.47. The van der Waals surface area contributed by atoms with E-state index in [9.17, 15) is 5.26 Å². The molecule has 17 heavy (non-hydrogen) atoms. The summed E-state index contributed by atoms with van der Waals surface area (Å²) in [7, 11) is 0. The molecule has 0 bridgehead atoms. The number of hydrogen-bond acceptors (Lipinski definition) is 3. The molecule has 1 fully saturated rings. The van der Waals surface area contributed by atoms with Gasteiger partial charge in [0.05, 0.1) is 6.07 Å². The van der Waals surface area contributed by atoms with Gasteiger partial charge in [-0.2, -0.15) is 17.0 Å². The summed E-state index contributed by atoms with van der Waals surface area (Å²) in [5.74, 6) is 2.11. The minimum absolute atomic E-state index is 0.336. The maximum atomic E-state index is 9.36. The van der Waals surface area contributed by atoms with Gasteiger partial charge in [0.2, 0.25) is 0 Å². The van der Waals surface area contributed by atoms with Gasteiger partial charge in [0.1, 0.15) is 6.04 Å². The fourth-order valence-electron chi connectivity index (χ4n) is 1.94. The molecule has 90 valence electrons. The summed E-state index contributed by atoms with van der Waals surface area (Å²) in [6.07, 6.45) is 0. The van der Waals surface area contributed by atoms with Gasteiger partial charge in [0, 0.05) is 40.2 Å². The smallest absolute Gasteiger partial charge is 0.126 e. The first kappa shape index (κ1) is 13.0. The molecule has 1 saturated heterocycles. The molecule has 0 saturated carbocycles. The van der Waals surface area contributed by atoms with Crippen LogP contribution in [0.2, 0.25) is 10.0 Å². The van der Waals surface area contributed by atoms with Crippen LogP contribution in [0.1, 0.15) is 11.6 Å². The number of hydrogen-bond donors (Lipinski definition) is 0. The second kappa shape index (κ2) is 5.97. The number of nitrogens with zero attached hydrogens (tertiary/aromatic N) is 2. The second-order valence-electron chi connectivity index (χ2n) is 3.82. The van der Waals surface area contributed by atoms with Gasteiger partial charge in [0.25, 0.3) is 0 Å². The molecule has 2 rings (SSSR count). The minimum atomic E-state index is -0.336. The third-order valence-corrected chi connectivity index (χ3v) is 4.41. The third kappa shape index (κ3) is 2.89. The summed E-state index contributed by atoms with van der Waals surface area (Å²) >= 11 is 14.2. The molecule has 1 unspecified atom stereocenters. The maximum absolute atomic E-state index is 9.36. The molecular formula is C12H12Cl2N2S. The highest BCUT2D eigenvalue weighted by Crippen LogP contribution is 2.34. The predicted molar refractivity (Wildman–Crippen MR) is 73.7 cm³/mol. The molecular weight excluding hydrogens is 275 g/mol. The fraction of sp³-hybridized carbons (Fsp3) is 0.417. The van der Waals surface area contributed by atoms with Gasteiger partial charge in [0.15, 0.2) is 0 Å². The van der Waals surface area contributed by atoms with Crippen molar-refractivity contribution >= 4 is 35.0 Å². The number of halogens is 2. The van der Waals surface area contributed by atoms with Gasteiger partial charge in [-0.15, -0.1) is 0 Å². The number of rotatable bonds is 2. The van der Waals surface area contributed by atoms with E-state index in [2.05, 4.69) is 11.0 Å². The zero-order valence-corrected chi connectivity index (χ0v) is 11.5. The Bertz CT molecular complexity index is 418. The highest BCUT2D eigenvalue weighted by atomic mass is 35.5. The molecule has 1 aromatic carbocycles. The molecule has 0 radical (unpaired) electrons. The molecule has 1 aliphatic heterocycles. The van der Waals surface area contributed by atoms with Gasteiger partial charge in [-0.25, -0.2) is 0 Å². The van der Waals surface area contributed by atoms with Crippen LogP contribution in [0, 0.1) is 11.3 Å². The second-order valence-corrected chi connectivity index (χ2v) is 5.85. The lowest BCUT2D eigenvalue weighted by Crippen LogP contribution is -2.35. The van der Waals surface area contributed by atoms with Crippen LogP contribution in [-0.4, -0.2) is 29.5 Å². The number of thioether (sulfide) groups is 1. The quantitative estimate of drug-likeness (QED) is 0.831. The standard InChI is InChI=1S/C12H12Cl2N2S/c13-9-2-1-3-10(14)12(9)11(8-15)16-4-6-17-7-5-16/h1-3,11H,4-7H2. The van der Waals surface area contributed by atoms with Crippen molar-refractivity contribution in [3.8, 4) is 6.07 Å². The largest absolute Gasteiger partial charge is 0.283 e. The minimum Gasteiger partial charge on any atom is -0.283 e. The Balaban J connectivity index is 2.32. The van der Waals surface area contributed by atoms with Crippen molar-refractivity contribution in [1.29, 1.82) is 5.26 Å². The molecule has 0 N–H and O–H groups in total. The van der Waals surface area contributed by atoms with Crippen molar-refractivity contribution in [2.45, 2.75) is 6.04 Å². The van der Waals surface area contributed by atoms with E-state index in [1.165, 1.54) is 0 Å². The average Bonchev–Trinajstić information content (AvgIpc) is 2.35. The Morgan fingerprint density at radius 1 is 1.24 bits per heavy atom. The van der Waals surface area contributed by atoms with E-state index in [1.54, 1.807) is 18.2 Å². The van der Waals surface area contributed by atoms with Crippen molar-refractivity contribution in [3.63, 3.8) is 0 Å². The monoisotopic (exact) mass is 286 g/mol. The van der Waals surface area contributed by atoms with Crippen LogP contribution >= 0.6 is 35.0 Å². The van der Waals surface area contributed by atoms with Crippen LogP contribution in [0.5, 0.6) is 0 Å². The Morgan fingerprint density at radius 3 is 2.35 bits per heavy atom. The van der Waals surface area contributed by atoms with Gasteiger partial charge in [-0.05, 0) is 12.1 Å². The Morgan fingerprint density at radius 2 is 1.82 bits per heavy atom. The molecule has 0 aliphatic carbocycles. The molecule has 1 aliphatic rings. The van der Waals surface area contributed by atoms with Gasteiger partial charge in [-0.3, -0.25) is 4.90 Å². The summed E-state index contributed by atoms with van der Waals surface area (Å²) in [5.41, 5.74) is 0.741. The van der Waals surface area contributed by atoms with E-state index in [4.69, 9.17) is 23.2 Å². The van der Waals surface area contributed by atoms with Crippen LogP contribution in [-0.2, 0) is 0 Å². The molecule has 0 spiro atoms. The summed E-state index contributed by atoms with van der Waals surface area (Å²) < 4.78 is 0. The first-order valence-corrected chi connectivity index (χ1v) is 7.30. The van der Waals surface area contributed by atoms with Gasteiger partial charge in [-0.1, -0.05) is 29.3 Å². The van der Waals surface area contributed by atoms with Crippen molar-refractivity contribution in [2.24, 2.45) is 0 Å². The van der Waals surface area contributed by atoms with E-state index in [-0.39, 0.29) is 6.04 Å². The summed E-state index contributed by atoms with van der Waals surface area (Å²) in [6.45, 7) is 1.81. The van der Waals surface area contributed by atoms with E-state index in [0.29, 0.717) is 10.0 Å². The molecule has 0 amide bonds. The molecule has 2 nitrogen and oxygen atoms in total. The lowest BCUT2D eigenvalue weighted by atomic mass is 10.1. The Kier molecular flexibility index (Phi) is 4.58. The SMILES string of the molecule is N#CC(c1c(Cl)cccc1Cl)N1CCSCC1. The van der Waals surface area contributed by atoms with Crippen LogP contribution in [0.3, 0.4) is 0 Å². The van der Waals surface area contributed by atoms with Crippen LogP contribution in [0.15, 0.2) is 18.2 Å². The zero-order valence-electron chi connectivity index (χ0n) is 9.20. The lowest BCUT2D eigenvalue weighted by Gasteiger charge is -2.31. The summed E-state index contributed by atoms with van der Waals surface area (Å²) in [6, 6.07) is 7.35. The van der Waals surface area contributed by atoms with Crippen LogP contribution < -0.4 is 0 Å². The molecule has 0 aromatic heterocycles. The molecule has 1 aromatic rings. The third-order valence-electron chi connectivity index (χ3n) is 2.81. The number of benzene rings is 1. The van der Waals surface area contributed by atoms with Crippen molar-refractivity contribution in [2.75, 3.05) is 24.6 Å². The summed E-state index contributed by atoms with van der Waals surface area (Å²) in [5, 5.41) is 10.5. The van der Waals surface area contributed by atoms with E-state index in [0.717, 1.165) is 30.2 Å². The predicted octanol–water partition coefficient (Wildman–Crippen LogP) is 3.61. The molecule has 5 heteroatoms. The van der Waals surface area contributed by atoms with Crippen LogP contribution in [0.4, 0.5) is 0 Å².